The number of nitrogens with one attached hydrogen (secondary N) is 2. The van der Waals surface area contributed by atoms with E-state index in [2.05, 4.69) is 10.6 Å². The number of benzene rings is 2. The molecule has 3 aromatic rings. The van der Waals surface area contributed by atoms with Crippen molar-refractivity contribution in [3.8, 4) is 5.75 Å². The standard InChI is InChI=1S/C22H16ClF3N2O4/c23-15-1-4-19-13(8-15)7-14(11-32-19)21(30)28-18-3-2-16(9-17(18)22(24,25)26)27-20(29)12-5-6-31-10-12/h1-6,8-10,14H,7,11H2,(H,27,29)(H,28,30)/t14-/m0/s1. The van der Waals surface area contributed by atoms with Crippen molar-refractivity contribution in [3.05, 3.63) is 76.7 Å². The van der Waals surface area contributed by atoms with Crippen LogP contribution in [0.4, 0.5) is 24.5 Å². The molecule has 1 aliphatic rings. The second kappa shape index (κ2) is 8.58. The first-order valence-electron chi connectivity index (χ1n) is 9.47. The lowest BCUT2D eigenvalue weighted by Gasteiger charge is -2.25. The number of ether oxygens (including phenoxy) is 1. The molecule has 2 N–H and O–H groups in total. The number of anilines is 2. The van der Waals surface area contributed by atoms with Gasteiger partial charge in [0, 0.05) is 10.7 Å². The topological polar surface area (TPSA) is 80.6 Å². The van der Waals surface area contributed by atoms with Crippen LogP contribution in [0.25, 0.3) is 0 Å². The number of carbonyl (C=O) groups is 2. The van der Waals surface area contributed by atoms with Gasteiger partial charge in [0.1, 0.15) is 18.6 Å². The Morgan fingerprint density at radius 1 is 1.06 bits per heavy atom. The first kappa shape index (κ1) is 21.8. The number of halogens is 4. The van der Waals surface area contributed by atoms with Gasteiger partial charge in [-0.25, -0.2) is 0 Å². The summed E-state index contributed by atoms with van der Waals surface area (Å²) in [5, 5.41) is 5.19. The highest BCUT2D eigenvalue weighted by Gasteiger charge is 2.35. The molecule has 1 aromatic heterocycles. The summed E-state index contributed by atoms with van der Waals surface area (Å²) in [6.07, 6.45) is -2.04. The molecule has 0 aliphatic carbocycles. The van der Waals surface area contributed by atoms with Crippen molar-refractivity contribution in [2.45, 2.75) is 12.6 Å². The second-order valence-electron chi connectivity index (χ2n) is 7.18. The SMILES string of the molecule is O=C(Nc1ccc(NC(=O)[C@@H]2COc3ccc(Cl)cc3C2)c(C(F)(F)F)c1)c1ccoc1. The Hall–Kier alpha value is -3.46. The highest BCUT2D eigenvalue weighted by Crippen LogP contribution is 2.37. The fourth-order valence-corrected chi connectivity index (χ4v) is 3.52. The lowest BCUT2D eigenvalue weighted by molar-refractivity contribution is -0.137. The van der Waals surface area contributed by atoms with Crippen molar-refractivity contribution in [3.63, 3.8) is 0 Å². The Kier molecular flexibility index (Phi) is 5.84. The summed E-state index contributed by atoms with van der Waals surface area (Å²) in [5.74, 6) is -1.34. The average Bonchev–Trinajstić information content (AvgIpc) is 3.28. The van der Waals surface area contributed by atoms with Gasteiger partial charge < -0.3 is 19.8 Å². The Morgan fingerprint density at radius 2 is 1.88 bits per heavy atom. The fourth-order valence-electron chi connectivity index (χ4n) is 3.33. The van der Waals surface area contributed by atoms with E-state index in [1.54, 1.807) is 18.2 Å². The Bertz CT molecular complexity index is 1160. The van der Waals surface area contributed by atoms with Crippen LogP contribution in [0.3, 0.4) is 0 Å². The lowest BCUT2D eigenvalue weighted by Crippen LogP contribution is -2.33. The quantitative estimate of drug-likeness (QED) is 0.542. The van der Waals surface area contributed by atoms with E-state index >= 15 is 0 Å². The van der Waals surface area contributed by atoms with E-state index in [4.69, 9.17) is 20.8 Å². The third kappa shape index (κ3) is 4.72. The molecule has 4 rings (SSSR count). The number of carbonyl (C=O) groups excluding carboxylic acids is 2. The van der Waals surface area contributed by atoms with Crippen LogP contribution in [0.5, 0.6) is 5.75 Å². The van der Waals surface area contributed by atoms with Crippen molar-refractivity contribution >= 4 is 34.8 Å². The minimum atomic E-state index is -4.76. The van der Waals surface area contributed by atoms with Gasteiger partial charge in [-0.15, -0.1) is 0 Å². The van der Waals surface area contributed by atoms with E-state index in [-0.39, 0.29) is 24.3 Å². The van der Waals surface area contributed by atoms with Gasteiger partial charge in [0.2, 0.25) is 5.91 Å². The van der Waals surface area contributed by atoms with Crippen LogP contribution in [0.1, 0.15) is 21.5 Å². The van der Waals surface area contributed by atoms with E-state index in [1.807, 2.05) is 0 Å². The molecule has 0 bridgehead atoms. The highest BCUT2D eigenvalue weighted by molar-refractivity contribution is 6.30. The molecule has 0 spiro atoms. The maximum Gasteiger partial charge on any atom is 0.418 e. The van der Waals surface area contributed by atoms with Gasteiger partial charge in [-0.1, -0.05) is 11.6 Å². The van der Waals surface area contributed by atoms with Crippen LogP contribution in [0.15, 0.2) is 59.4 Å². The summed E-state index contributed by atoms with van der Waals surface area (Å²) in [6, 6.07) is 9.52. The van der Waals surface area contributed by atoms with Gasteiger partial charge in [-0.2, -0.15) is 13.2 Å². The Labute approximate surface area is 185 Å². The number of hydrogen-bond donors (Lipinski definition) is 2. The summed E-state index contributed by atoms with van der Waals surface area (Å²) in [4.78, 5) is 24.8. The number of hydrogen-bond acceptors (Lipinski definition) is 4. The van der Waals surface area contributed by atoms with Crippen molar-refractivity contribution in [1.82, 2.24) is 0 Å². The monoisotopic (exact) mass is 464 g/mol. The van der Waals surface area contributed by atoms with Crippen molar-refractivity contribution in [2.24, 2.45) is 5.92 Å². The maximum atomic E-state index is 13.7. The van der Waals surface area contributed by atoms with Gasteiger partial charge in [0.05, 0.1) is 29.0 Å². The predicted octanol–water partition coefficient (Wildman–Crippen LogP) is 5.39. The molecule has 166 valence electrons. The van der Waals surface area contributed by atoms with Gasteiger partial charge in [-0.3, -0.25) is 9.59 Å². The van der Waals surface area contributed by atoms with Crippen LogP contribution >= 0.6 is 11.6 Å². The summed E-state index contributed by atoms with van der Waals surface area (Å²) in [6.45, 7) is 0.0284. The first-order valence-corrected chi connectivity index (χ1v) is 9.85. The minimum absolute atomic E-state index is 0.0284. The van der Waals surface area contributed by atoms with Crippen LogP contribution in [-0.2, 0) is 17.4 Å². The van der Waals surface area contributed by atoms with Gasteiger partial charge >= 0.3 is 6.18 Å². The largest absolute Gasteiger partial charge is 0.492 e. The summed E-state index contributed by atoms with van der Waals surface area (Å²) in [7, 11) is 0. The molecular weight excluding hydrogens is 449 g/mol. The zero-order valence-corrected chi connectivity index (χ0v) is 17.1. The van der Waals surface area contributed by atoms with Gasteiger partial charge in [0.15, 0.2) is 0 Å². The Morgan fingerprint density at radius 3 is 2.59 bits per heavy atom. The number of alkyl halides is 3. The van der Waals surface area contributed by atoms with E-state index in [9.17, 15) is 22.8 Å². The number of amides is 2. The zero-order valence-electron chi connectivity index (χ0n) is 16.3. The third-order valence-corrected chi connectivity index (χ3v) is 5.16. The second-order valence-corrected chi connectivity index (χ2v) is 7.61. The molecule has 0 radical (unpaired) electrons. The van der Waals surface area contributed by atoms with E-state index in [1.165, 1.54) is 24.7 Å². The maximum absolute atomic E-state index is 13.7. The number of rotatable bonds is 4. The molecule has 2 amide bonds. The smallest absolute Gasteiger partial charge is 0.418 e. The molecule has 0 saturated carbocycles. The van der Waals surface area contributed by atoms with E-state index in [0.29, 0.717) is 16.3 Å². The molecule has 0 unspecified atom stereocenters. The molecule has 2 aromatic carbocycles. The van der Waals surface area contributed by atoms with Crippen molar-refractivity contribution < 1.29 is 31.9 Å². The molecule has 0 saturated heterocycles. The van der Waals surface area contributed by atoms with Crippen molar-refractivity contribution in [1.29, 1.82) is 0 Å². The third-order valence-electron chi connectivity index (χ3n) is 4.92. The van der Waals surface area contributed by atoms with Crippen LogP contribution in [0, 0.1) is 5.92 Å². The summed E-state index contributed by atoms with van der Waals surface area (Å²) >= 11 is 5.97. The lowest BCUT2D eigenvalue weighted by atomic mass is 9.95. The molecule has 1 atom stereocenters. The molecule has 0 fully saturated rings. The normalized spacial score (nSPS) is 15.4. The highest BCUT2D eigenvalue weighted by atomic mass is 35.5. The molecule has 6 nitrogen and oxygen atoms in total. The first-order chi connectivity index (χ1) is 15.2. The zero-order chi connectivity index (χ0) is 22.9. The summed E-state index contributed by atoms with van der Waals surface area (Å²) < 4.78 is 51.3. The summed E-state index contributed by atoms with van der Waals surface area (Å²) in [5.41, 5.74) is -0.714. The number of fused-ring (bicyclic) bond motifs is 1. The average molecular weight is 465 g/mol. The van der Waals surface area contributed by atoms with Crippen molar-refractivity contribution in [2.75, 3.05) is 17.2 Å². The van der Waals surface area contributed by atoms with Gasteiger partial charge in [0.25, 0.3) is 5.91 Å². The Balaban J connectivity index is 1.52. The molecule has 1 aliphatic heterocycles. The minimum Gasteiger partial charge on any atom is -0.492 e. The van der Waals surface area contributed by atoms with E-state index in [0.717, 1.165) is 12.1 Å². The number of furan rings is 1. The molecule has 32 heavy (non-hydrogen) atoms. The fraction of sp³-hybridized carbons (Fsp3) is 0.182. The van der Waals surface area contributed by atoms with Gasteiger partial charge in [-0.05, 0) is 54.4 Å². The molecular formula is C22H16ClF3N2O4. The molecule has 10 heteroatoms. The van der Waals surface area contributed by atoms with Crippen LogP contribution in [-0.4, -0.2) is 18.4 Å². The molecule has 2 heterocycles. The van der Waals surface area contributed by atoms with E-state index < -0.39 is 35.2 Å². The van der Waals surface area contributed by atoms with Crippen LogP contribution in [0.2, 0.25) is 5.02 Å². The predicted molar refractivity (Wildman–Crippen MR) is 111 cm³/mol. The van der Waals surface area contributed by atoms with Crippen LogP contribution < -0.4 is 15.4 Å².